The van der Waals surface area contributed by atoms with Crippen molar-refractivity contribution in [3.63, 3.8) is 0 Å². The smallest absolute Gasteiger partial charge is 0.258 e. The van der Waals surface area contributed by atoms with Crippen molar-refractivity contribution < 1.29 is 18.7 Å². The van der Waals surface area contributed by atoms with Gasteiger partial charge in [0.25, 0.3) is 5.91 Å². The summed E-state index contributed by atoms with van der Waals surface area (Å²) < 4.78 is 18.4. The number of nitrogens with one attached hydrogen (secondary N) is 2. The summed E-state index contributed by atoms with van der Waals surface area (Å²) in [5.74, 6) is -1.40. The Hall–Kier alpha value is -2.89. The van der Waals surface area contributed by atoms with Crippen LogP contribution in [0.2, 0.25) is 0 Å². The first kappa shape index (κ1) is 17.5. The fourth-order valence-electron chi connectivity index (χ4n) is 2.02. The van der Waals surface area contributed by atoms with Gasteiger partial charge in [-0.1, -0.05) is 24.3 Å². The summed E-state index contributed by atoms with van der Waals surface area (Å²) in [5, 5.41) is 5.16. The van der Waals surface area contributed by atoms with Crippen molar-refractivity contribution in [1.82, 2.24) is 5.32 Å². The maximum absolute atomic E-state index is 13.3. The van der Waals surface area contributed by atoms with E-state index in [0.717, 1.165) is 11.1 Å². The van der Waals surface area contributed by atoms with Crippen LogP contribution < -0.4 is 15.4 Å². The van der Waals surface area contributed by atoms with E-state index in [2.05, 4.69) is 10.6 Å². The van der Waals surface area contributed by atoms with Gasteiger partial charge in [0.15, 0.2) is 18.2 Å². The molecule has 126 valence electrons. The molecule has 2 aromatic carbocycles. The number of hydrogen-bond donors (Lipinski definition) is 2. The molecule has 0 radical (unpaired) electrons. The van der Waals surface area contributed by atoms with Gasteiger partial charge in [-0.25, -0.2) is 4.39 Å². The second kappa shape index (κ2) is 8.10. The van der Waals surface area contributed by atoms with Crippen molar-refractivity contribution in [2.24, 2.45) is 0 Å². The Kier molecular flexibility index (Phi) is 5.89. The van der Waals surface area contributed by atoms with Crippen LogP contribution in [0.1, 0.15) is 11.1 Å². The zero-order chi connectivity index (χ0) is 17.5. The zero-order valence-corrected chi connectivity index (χ0v) is 13.6. The average molecular weight is 330 g/mol. The molecule has 0 saturated heterocycles. The van der Waals surface area contributed by atoms with Gasteiger partial charge >= 0.3 is 0 Å². The van der Waals surface area contributed by atoms with E-state index in [1.165, 1.54) is 18.2 Å². The second-order valence-electron chi connectivity index (χ2n) is 5.29. The molecule has 0 unspecified atom stereocenters. The average Bonchev–Trinajstić information content (AvgIpc) is 2.56. The molecule has 24 heavy (non-hydrogen) atoms. The van der Waals surface area contributed by atoms with Crippen molar-refractivity contribution in [2.45, 2.75) is 13.8 Å². The summed E-state index contributed by atoms with van der Waals surface area (Å²) in [6.07, 6.45) is 0. The van der Waals surface area contributed by atoms with Gasteiger partial charge in [-0.2, -0.15) is 0 Å². The van der Waals surface area contributed by atoms with Crippen molar-refractivity contribution in [3.8, 4) is 5.75 Å². The summed E-state index contributed by atoms with van der Waals surface area (Å²) in [6.45, 7) is 3.31. The fourth-order valence-corrected chi connectivity index (χ4v) is 2.02. The van der Waals surface area contributed by atoms with Gasteiger partial charge in [-0.3, -0.25) is 9.59 Å². The molecule has 2 N–H and O–H groups in total. The number of hydrogen-bond acceptors (Lipinski definition) is 3. The van der Waals surface area contributed by atoms with Gasteiger partial charge < -0.3 is 15.4 Å². The topological polar surface area (TPSA) is 67.4 Å². The molecule has 0 aromatic heterocycles. The molecule has 6 heteroatoms. The lowest BCUT2D eigenvalue weighted by Crippen LogP contribution is -2.36. The maximum atomic E-state index is 13.3. The highest BCUT2D eigenvalue weighted by atomic mass is 19.1. The number of rotatable bonds is 6. The van der Waals surface area contributed by atoms with Gasteiger partial charge in [-0.05, 0) is 43.2 Å². The number of carbonyl (C=O) groups excluding carboxylic acids is 2. The summed E-state index contributed by atoms with van der Waals surface area (Å²) in [5.41, 5.74) is 2.74. The number of amides is 2. The van der Waals surface area contributed by atoms with E-state index in [9.17, 15) is 14.0 Å². The first-order valence-corrected chi connectivity index (χ1v) is 7.47. The third-order valence-corrected chi connectivity index (χ3v) is 3.52. The molecule has 0 aliphatic carbocycles. The SMILES string of the molecule is Cc1cccc(NC(=O)CNC(=O)COc2ccccc2F)c1C. The first-order chi connectivity index (χ1) is 11.5. The molecule has 2 amide bonds. The summed E-state index contributed by atoms with van der Waals surface area (Å²) in [7, 11) is 0. The molecule has 2 rings (SSSR count). The van der Waals surface area contributed by atoms with E-state index < -0.39 is 11.7 Å². The molecule has 0 heterocycles. The normalized spacial score (nSPS) is 10.1. The van der Waals surface area contributed by atoms with E-state index in [1.54, 1.807) is 12.1 Å². The molecule has 0 aliphatic rings. The molecule has 0 aliphatic heterocycles. The van der Waals surface area contributed by atoms with Gasteiger partial charge in [0.05, 0.1) is 6.54 Å². The van der Waals surface area contributed by atoms with Gasteiger partial charge in [-0.15, -0.1) is 0 Å². The van der Waals surface area contributed by atoms with E-state index in [1.807, 2.05) is 26.0 Å². The molecular weight excluding hydrogens is 311 g/mol. The Morgan fingerprint density at radius 3 is 2.54 bits per heavy atom. The van der Waals surface area contributed by atoms with Crippen LogP contribution in [0, 0.1) is 19.7 Å². The lowest BCUT2D eigenvalue weighted by Gasteiger charge is -2.11. The lowest BCUT2D eigenvalue weighted by molar-refractivity contribution is -0.125. The standard InChI is InChI=1S/C18H19FN2O3/c1-12-6-5-8-15(13(12)2)21-17(22)10-20-18(23)11-24-16-9-4-3-7-14(16)19/h3-9H,10-11H2,1-2H3,(H,20,23)(H,21,22). The van der Waals surface area contributed by atoms with Gasteiger partial charge in [0.1, 0.15) is 0 Å². The number of aryl methyl sites for hydroxylation is 1. The van der Waals surface area contributed by atoms with Crippen LogP contribution in [0.3, 0.4) is 0 Å². The summed E-state index contributed by atoms with van der Waals surface area (Å²) in [4.78, 5) is 23.5. The molecule has 5 nitrogen and oxygen atoms in total. The first-order valence-electron chi connectivity index (χ1n) is 7.47. The second-order valence-corrected chi connectivity index (χ2v) is 5.29. The predicted molar refractivity (Wildman–Crippen MR) is 89.5 cm³/mol. The Balaban J connectivity index is 1.78. The minimum Gasteiger partial charge on any atom is -0.481 e. The largest absolute Gasteiger partial charge is 0.481 e. The Morgan fingerprint density at radius 1 is 1.04 bits per heavy atom. The number of para-hydroxylation sites is 1. The van der Waals surface area contributed by atoms with Crippen LogP contribution in [-0.4, -0.2) is 25.0 Å². The maximum Gasteiger partial charge on any atom is 0.258 e. The Bertz CT molecular complexity index is 747. The minimum absolute atomic E-state index is 0.00696. The monoisotopic (exact) mass is 330 g/mol. The van der Waals surface area contributed by atoms with Crippen LogP contribution in [0.5, 0.6) is 5.75 Å². The Morgan fingerprint density at radius 2 is 1.79 bits per heavy atom. The molecule has 0 saturated carbocycles. The van der Waals surface area contributed by atoms with Crippen molar-refractivity contribution in [1.29, 1.82) is 0 Å². The van der Waals surface area contributed by atoms with Crippen LogP contribution in [0.15, 0.2) is 42.5 Å². The van der Waals surface area contributed by atoms with Crippen molar-refractivity contribution >= 4 is 17.5 Å². The predicted octanol–water partition coefficient (Wildman–Crippen LogP) is 2.58. The lowest BCUT2D eigenvalue weighted by atomic mass is 10.1. The van der Waals surface area contributed by atoms with E-state index >= 15 is 0 Å². The van der Waals surface area contributed by atoms with Crippen LogP contribution in [-0.2, 0) is 9.59 Å². The molecular formula is C18H19FN2O3. The van der Waals surface area contributed by atoms with E-state index in [-0.39, 0.29) is 24.8 Å². The van der Waals surface area contributed by atoms with Crippen molar-refractivity contribution in [2.75, 3.05) is 18.5 Å². The quantitative estimate of drug-likeness (QED) is 0.855. The highest BCUT2D eigenvalue weighted by molar-refractivity contribution is 5.95. The van der Waals surface area contributed by atoms with Gasteiger partial charge in [0, 0.05) is 5.69 Å². The zero-order valence-electron chi connectivity index (χ0n) is 13.6. The Labute approximate surface area is 139 Å². The van der Waals surface area contributed by atoms with Crippen LogP contribution >= 0.6 is 0 Å². The number of benzene rings is 2. The third-order valence-electron chi connectivity index (χ3n) is 3.52. The highest BCUT2D eigenvalue weighted by Crippen LogP contribution is 2.17. The van der Waals surface area contributed by atoms with Gasteiger partial charge in [0.2, 0.25) is 5.91 Å². The minimum atomic E-state index is -0.544. The highest BCUT2D eigenvalue weighted by Gasteiger charge is 2.09. The number of carbonyl (C=O) groups is 2. The summed E-state index contributed by atoms with van der Waals surface area (Å²) in [6, 6.07) is 11.4. The third kappa shape index (κ3) is 4.81. The van der Waals surface area contributed by atoms with E-state index in [0.29, 0.717) is 5.69 Å². The van der Waals surface area contributed by atoms with E-state index in [4.69, 9.17) is 4.74 Å². The molecule has 0 bridgehead atoms. The van der Waals surface area contributed by atoms with Crippen LogP contribution in [0.4, 0.5) is 10.1 Å². The molecule has 0 fully saturated rings. The molecule has 0 spiro atoms. The summed E-state index contributed by atoms with van der Waals surface area (Å²) >= 11 is 0. The number of ether oxygens (including phenoxy) is 1. The van der Waals surface area contributed by atoms with Crippen molar-refractivity contribution in [3.05, 3.63) is 59.4 Å². The van der Waals surface area contributed by atoms with Crippen LogP contribution in [0.25, 0.3) is 0 Å². The fraction of sp³-hybridized carbons (Fsp3) is 0.222. The molecule has 0 atom stereocenters. The molecule has 2 aromatic rings. The number of anilines is 1. The number of halogens is 1.